The Morgan fingerprint density at radius 2 is 2.12 bits per heavy atom. The van der Waals surface area contributed by atoms with E-state index in [9.17, 15) is 0 Å². The second-order valence-corrected chi connectivity index (χ2v) is 7.70. The van der Waals surface area contributed by atoms with Crippen molar-refractivity contribution in [1.29, 1.82) is 0 Å². The van der Waals surface area contributed by atoms with Gasteiger partial charge in [-0.05, 0) is 61.2 Å². The Morgan fingerprint density at radius 1 is 1.41 bits per heavy atom. The molecule has 0 radical (unpaired) electrons. The third-order valence-electron chi connectivity index (χ3n) is 5.83. The van der Waals surface area contributed by atoms with E-state index in [1.54, 1.807) is 5.57 Å². The van der Waals surface area contributed by atoms with Gasteiger partial charge in [0.1, 0.15) is 0 Å². The van der Waals surface area contributed by atoms with Crippen LogP contribution in [0.25, 0.3) is 0 Å². The molecule has 0 aliphatic heterocycles. The van der Waals surface area contributed by atoms with Crippen LogP contribution in [0.5, 0.6) is 0 Å². The zero-order valence-corrected chi connectivity index (χ0v) is 12.3. The predicted octanol–water partition coefficient (Wildman–Crippen LogP) is 5.59. The third kappa shape index (κ3) is 2.95. The minimum Gasteiger partial charge on any atom is -0.0996 e. The van der Waals surface area contributed by atoms with E-state index in [1.807, 2.05) is 0 Å². The molecule has 2 aliphatic carbocycles. The Morgan fingerprint density at radius 3 is 2.71 bits per heavy atom. The number of hydrogen-bond acceptors (Lipinski definition) is 0. The molecule has 3 unspecified atom stereocenters. The fourth-order valence-electron chi connectivity index (χ4n) is 3.39. The van der Waals surface area contributed by atoms with E-state index >= 15 is 0 Å². The lowest BCUT2D eigenvalue weighted by Gasteiger charge is -2.29. The quantitative estimate of drug-likeness (QED) is 0.544. The first-order valence-electron chi connectivity index (χ1n) is 7.54. The molecule has 0 spiro atoms. The normalized spacial score (nSPS) is 36.5. The van der Waals surface area contributed by atoms with E-state index < -0.39 is 0 Å². The number of hydrogen-bond donors (Lipinski definition) is 0. The fraction of sp³-hybridized carbons (Fsp3) is 0.882. The lowest BCUT2D eigenvalue weighted by atomic mass is 9.76. The Bertz CT molecular complexity index is 299. The van der Waals surface area contributed by atoms with Crippen LogP contribution in [0.2, 0.25) is 0 Å². The number of allylic oxidation sites excluding steroid dienone is 1. The molecule has 98 valence electrons. The van der Waals surface area contributed by atoms with Gasteiger partial charge in [-0.25, -0.2) is 0 Å². The summed E-state index contributed by atoms with van der Waals surface area (Å²) < 4.78 is 0. The fourth-order valence-corrected chi connectivity index (χ4v) is 3.39. The van der Waals surface area contributed by atoms with Crippen LogP contribution in [-0.2, 0) is 0 Å². The maximum atomic E-state index is 4.39. The summed E-state index contributed by atoms with van der Waals surface area (Å²) in [4.78, 5) is 0. The first-order valence-corrected chi connectivity index (χ1v) is 7.54. The second-order valence-electron chi connectivity index (χ2n) is 7.70. The molecule has 0 aromatic rings. The summed E-state index contributed by atoms with van der Waals surface area (Å²) in [7, 11) is 0. The van der Waals surface area contributed by atoms with Crippen LogP contribution in [0.15, 0.2) is 12.2 Å². The molecule has 0 bridgehead atoms. The summed E-state index contributed by atoms with van der Waals surface area (Å²) in [6, 6.07) is 0. The van der Waals surface area contributed by atoms with Gasteiger partial charge in [0.15, 0.2) is 0 Å². The van der Waals surface area contributed by atoms with Crippen molar-refractivity contribution >= 4 is 0 Å². The highest BCUT2D eigenvalue weighted by Crippen LogP contribution is 2.63. The van der Waals surface area contributed by atoms with Crippen molar-refractivity contribution in [3.63, 3.8) is 0 Å². The van der Waals surface area contributed by atoms with Crippen LogP contribution in [-0.4, -0.2) is 0 Å². The van der Waals surface area contributed by atoms with Crippen molar-refractivity contribution in [2.75, 3.05) is 0 Å². The van der Waals surface area contributed by atoms with Crippen LogP contribution < -0.4 is 0 Å². The SMILES string of the molecule is C=C(CCC(C)(C)CC)C1CCC2(C)CC2C1. The second kappa shape index (κ2) is 4.44. The molecule has 17 heavy (non-hydrogen) atoms. The Labute approximate surface area is 108 Å². The van der Waals surface area contributed by atoms with Crippen LogP contribution in [0.4, 0.5) is 0 Å². The van der Waals surface area contributed by atoms with E-state index in [0.717, 1.165) is 17.3 Å². The standard InChI is InChI=1S/C17H30/c1-6-16(3,4)9-7-13(2)14-8-10-17(5)12-15(17)11-14/h14-15H,2,6-12H2,1,3-5H3. The molecule has 2 fully saturated rings. The first-order chi connectivity index (χ1) is 7.86. The van der Waals surface area contributed by atoms with E-state index in [0.29, 0.717) is 5.41 Å². The zero-order valence-electron chi connectivity index (χ0n) is 12.3. The molecule has 2 saturated carbocycles. The smallest absolute Gasteiger partial charge is 0.0203 e. The van der Waals surface area contributed by atoms with Gasteiger partial charge < -0.3 is 0 Å². The molecule has 0 saturated heterocycles. The van der Waals surface area contributed by atoms with E-state index in [2.05, 4.69) is 34.3 Å². The zero-order chi connectivity index (χ0) is 12.7. The van der Waals surface area contributed by atoms with Gasteiger partial charge in [-0.2, -0.15) is 0 Å². The average Bonchev–Trinajstić information content (AvgIpc) is 2.96. The van der Waals surface area contributed by atoms with E-state index in [4.69, 9.17) is 0 Å². The number of fused-ring (bicyclic) bond motifs is 1. The molecule has 2 rings (SSSR count). The Hall–Kier alpha value is -0.260. The molecular weight excluding hydrogens is 204 g/mol. The minimum atomic E-state index is 0.506. The van der Waals surface area contributed by atoms with Gasteiger partial charge in [0.2, 0.25) is 0 Å². The summed E-state index contributed by atoms with van der Waals surface area (Å²) in [6.07, 6.45) is 9.68. The largest absolute Gasteiger partial charge is 0.0996 e. The van der Waals surface area contributed by atoms with Gasteiger partial charge in [-0.15, -0.1) is 0 Å². The minimum absolute atomic E-state index is 0.506. The lowest BCUT2D eigenvalue weighted by Crippen LogP contribution is -2.17. The van der Waals surface area contributed by atoms with Crippen molar-refractivity contribution < 1.29 is 0 Å². The molecule has 0 N–H and O–H groups in total. The van der Waals surface area contributed by atoms with Crippen LogP contribution in [0.1, 0.15) is 72.6 Å². The van der Waals surface area contributed by atoms with E-state index in [-0.39, 0.29) is 0 Å². The van der Waals surface area contributed by atoms with Gasteiger partial charge in [0, 0.05) is 0 Å². The molecule has 2 aliphatic rings. The van der Waals surface area contributed by atoms with E-state index in [1.165, 1.54) is 44.9 Å². The maximum Gasteiger partial charge on any atom is -0.0203 e. The van der Waals surface area contributed by atoms with Gasteiger partial charge in [0.25, 0.3) is 0 Å². The molecule has 0 heteroatoms. The predicted molar refractivity (Wildman–Crippen MR) is 76.0 cm³/mol. The highest BCUT2D eigenvalue weighted by molar-refractivity contribution is 5.11. The molecule has 0 aromatic carbocycles. The molecule has 3 atom stereocenters. The molecular formula is C17H30. The summed E-state index contributed by atoms with van der Waals surface area (Å²) >= 11 is 0. The molecule has 0 aromatic heterocycles. The van der Waals surface area contributed by atoms with Crippen LogP contribution >= 0.6 is 0 Å². The molecule has 0 heterocycles. The Kier molecular flexibility index (Phi) is 3.45. The van der Waals surface area contributed by atoms with Gasteiger partial charge in [-0.3, -0.25) is 0 Å². The first kappa shape index (κ1) is 13.2. The van der Waals surface area contributed by atoms with Crippen molar-refractivity contribution in [2.24, 2.45) is 22.7 Å². The topological polar surface area (TPSA) is 0 Å². The average molecular weight is 234 g/mol. The maximum absolute atomic E-state index is 4.39. The highest BCUT2D eigenvalue weighted by Gasteiger charge is 2.52. The lowest BCUT2D eigenvalue weighted by molar-refractivity contribution is 0.284. The van der Waals surface area contributed by atoms with Crippen LogP contribution in [0.3, 0.4) is 0 Å². The highest BCUT2D eigenvalue weighted by atomic mass is 14.6. The van der Waals surface area contributed by atoms with Crippen molar-refractivity contribution in [3.05, 3.63) is 12.2 Å². The third-order valence-corrected chi connectivity index (χ3v) is 5.83. The monoisotopic (exact) mass is 234 g/mol. The Balaban J connectivity index is 1.77. The summed E-state index contributed by atoms with van der Waals surface area (Å²) in [5.41, 5.74) is 2.81. The van der Waals surface area contributed by atoms with Crippen molar-refractivity contribution in [2.45, 2.75) is 72.6 Å². The molecule has 0 amide bonds. The van der Waals surface area contributed by atoms with Crippen molar-refractivity contribution in [3.8, 4) is 0 Å². The summed E-state index contributed by atoms with van der Waals surface area (Å²) in [5.74, 6) is 1.89. The van der Waals surface area contributed by atoms with Crippen LogP contribution in [0, 0.1) is 22.7 Å². The summed E-state index contributed by atoms with van der Waals surface area (Å²) in [5, 5.41) is 0. The van der Waals surface area contributed by atoms with Gasteiger partial charge in [0.05, 0.1) is 0 Å². The summed E-state index contributed by atoms with van der Waals surface area (Å²) in [6.45, 7) is 14.0. The molecule has 0 nitrogen and oxygen atoms in total. The van der Waals surface area contributed by atoms with Crippen molar-refractivity contribution in [1.82, 2.24) is 0 Å². The number of rotatable bonds is 5. The van der Waals surface area contributed by atoms with Gasteiger partial charge >= 0.3 is 0 Å². The van der Waals surface area contributed by atoms with Gasteiger partial charge in [-0.1, -0.05) is 46.3 Å².